The fourth-order valence-corrected chi connectivity index (χ4v) is 4.53. The molecular weight excluding hydrogens is 1520 g/mol. The van der Waals surface area contributed by atoms with Crippen LogP contribution in [0.15, 0.2) is 0 Å². The minimum atomic E-state index is -1.58. The Hall–Kier alpha value is -25.6. The molecule has 0 N–H and O–H groups in total. The Kier molecular flexibility index (Phi) is 74.7. The second kappa shape index (κ2) is 94.4. The van der Waals surface area contributed by atoms with E-state index >= 15 is 0 Å². The van der Waals surface area contributed by atoms with Gasteiger partial charge in [0.1, 0.15) is 7.92 Å². The zero-order chi connectivity index (χ0) is 87.7. The zero-order valence-electron chi connectivity index (χ0n) is 62.0. The van der Waals surface area contributed by atoms with Gasteiger partial charge in [0.25, 0.3) is 0 Å². The molecule has 0 aromatic carbocycles. The van der Waals surface area contributed by atoms with Gasteiger partial charge in [-0.05, 0) is 313 Å². The number of thiol groups is 1. The average molecular weight is 1520 g/mol. The molecule has 2 heteroatoms. The predicted molar refractivity (Wildman–Crippen MR) is 489 cm³/mol. The van der Waals surface area contributed by atoms with E-state index in [9.17, 15) is 0 Å². The Morgan fingerprint density at radius 2 is 0.195 bits per heavy atom. The van der Waals surface area contributed by atoms with Crippen LogP contribution in [0.1, 0.15) is 6.92 Å². The molecule has 0 bridgehead atoms. The van der Waals surface area contributed by atoms with Crippen molar-refractivity contribution in [3.63, 3.8) is 0 Å². The van der Waals surface area contributed by atoms with E-state index in [1.165, 1.54) is 0 Å². The first kappa shape index (κ1) is 97.4. The Morgan fingerprint density at radius 3 is 0.285 bits per heavy atom. The lowest BCUT2D eigenvalue weighted by Gasteiger charge is -1.84. The normalized spacial score (nSPS) is 4.37. The molecule has 0 rings (SSSR count). The van der Waals surface area contributed by atoms with Crippen LogP contribution in [0, 0.1) is 710 Å². The summed E-state index contributed by atoms with van der Waals surface area (Å²) in [6.45, 7) is 1.68. The molecule has 123 heavy (non-hydrogen) atoms. The molecule has 0 amide bonds. The van der Waals surface area contributed by atoms with Gasteiger partial charge in [-0.15, -0.1) is 6.42 Å². The van der Waals surface area contributed by atoms with Gasteiger partial charge in [-0.3, -0.25) is 0 Å². The van der Waals surface area contributed by atoms with Crippen LogP contribution in [0.2, 0.25) is 0 Å². The maximum Gasteiger partial charge on any atom is 0.130 e. The predicted octanol–water partition coefficient (Wildman–Crippen LogP) is 2.08. The van der Waals surface area contributed by atoms with Crippen molar-refractivity contribution in [2.75, 3.05) is 0 Å². The molecule has 0 aromatic rings. The van der Waals surface area contributed by atoms with Gasteiger partial charge in [0.05, 0.1) is 0 Å². The largest absolute Gasteiger partial charge is 0.130 e. The van der Waals surface area contributed by atoms with Crippen LogP contribution in [-0.2, 0) is 0 Å². The molecule has 0 saturated carbocycles. The zero-order valence-corrected chi connectivity index (χ0v) is 63.8. The maximum absolute atomic E-state index is 4.97. The summed E-state index contributed by atoms with van der Waals surface area (Å²) in [5, 5.41) is 2.32. The topological polar surface area (TPSA) is 0 Å². The molecule has 0 aliphatic carbocycles. The van der Waals surface area contributed by atoms with E-state index in [2.05, 4.69) is 716 Å². The Morgan fingerprint density at radius 1 is 0.114 bits per heavy atom. The van der Waals surface area contributed by atoms with Crippen molar-refractivity contribution < 1.29 is 0 Å². The van der Waals surface area contributed by atoms with Crippen LogP contribution in [0.5, 0.6) is 0 Å². The molecule has 0 fully saturated rings. The molecule has 0 saturated heterocycles. The fraction of sp³-hybridized carbons (Fsp3) is 0.00826. The highest BCUT2D eigenvalue weighted by Crippen LogP contribution is 2.29. The summed E-state index contributed by atoms with van der Waals surface area (Å²) in [7, 11) is -1.58. The minimum Gasteiger partial charge on any atom is -0.106 e. The lowest BCUT2D eigenvalue weighted by Crippen LogP contribution is -1.62. The van der Waals surface area contributed by atoms with E-state index in [0.717, 1.165) is 0 Å². The lowest BCUT2D eigenvalue weighted by molar-refractivity contribution is 1.92. The van der Waals surface area contributed by atoms with Crippen molar-refractivity contribution >= 4 is 20.6 Å². The molecule has 0 spiro atoms. The summed E-state index contributed by atoms with van der Waals surface area (Å²) < 4.78 is 0. The van der Waals surface area contributed by atoms with Gasteiger partial charge in [-0.25, -0.2) is 0 Å². The van der Waals surface area contributed by atoms with E-state index in [-0.39, 0.29) is 0 Å². The molecule has 500 valence electrons. The fourth-order valence-electron chi connectivity index (χ4n) is 3.81. The molecule has 1 unspecified atom stereocenters. The van der Waals surface area contributed by atoms with E-state index in [1.54, 1.807) is 6.92 Å². The third kappa shape index (κ3) is 92.4. The smallest absolute Gasteiger partial charge is 0.106 e. The van der Waals surface area contributed by atoms with Crippen LogP contribution < -0.4 is 0 Å². The third-order valence-corrected chi connectivity index (χ3v) is 8.75. The monoisotopic (exact) mass is 1520 g/mol. The van der Waals surface area contributed by atoms with Crippen molar-refractivity contribution in [1.29, 1.82) is 0 Å². The van der Waals surface area contributed by atoms with Crippen molar-refractivity contribution in [2.45, 2.75) is 6.92 Å². The van der Waals surface area contributed by atoms with Crippen LogP contribution >= 0.6 is 20.6 Å². The van der Waals surface area contributed by atoms with Gasteiger partial charge < -0.3 is 0 Å². The van der Waals surface area contributed by atoms with Gasteiger partial charge in [0.15, 0.2) is 0 Å². The van der Waals surface area contributed by atoms with Gasteiger partial charge >= 0.3 is 0 Å². The SMILES string of the molecule is C#CC#CC#CC#CC#CC#CC#CC#CC#CC#CC#CC#CC#CC#CC#CC#CC#CC#CC#CC#CP(C#CC#CC#CC#CC#CC#CC#CC#CC#CC#CC#CC#CC#CC#CC#CC#CC#CC#CC#CC#CC)C#CC#CC#CC#CC#CC#CC#CC#CC#CC#CC#CC#CC#CC#CC#CC#CC#CC#CC#CC#CS. The Bertz CT molecular complexity index is 8550. The highest BCUT2D eigenvalue weighted by molar-refractivity contribution is 7.85. The third-order valence-electron chi connectivity index (χ3n) is 7.63. The van der Waals surface area contributed by atoms with E-state index in [0.29, 0.717) is 0 Å². The summed E-state index contributed by atoms with van der Waals surface area (Å²) in [4.78, 5) is 0. The first-order chi connectivity index (χ1) is 61.3. The summed E-state index contributed by atoms with van der Waals surface area (Å²) in [5.74, 6) is 288. The molecule has 1 atom stereocenters. The van der Waals surface area contributed by atoms with Gasteiger partial charge in [0.2, 0.25) is 0 Å². The van der Waals surface area contributed by atoms with Crippen molar-refractivity contribution in [1.82, 2.24) is 0 Å². The molecule has 0 nitrogen and oxygen atoms in total. The molecule has 0 aliphatic heterocycles. The highest BCUT2D eigenvalue weighted by atomic mass is 32.1. The lowest BCUT2D eigenvalue weighted by atomic mass is 10.4. The second-order valence-corrected chi connectivity index (χ2v) is 16.9. The quantitative estimate of drug-likeness (QED) is 0.215. The van der Waals surface area contributed by atoms with Gasteiger partial charge in [-0.1, -0.05) is 18.5 Å². The summed E-state index contributed by atoms with van der Waals surface area (Å²) >= 11 is 3.69. The summed E-state index contributed by atoms with van der Waals surface area (Å²) in [6, 6.07) is 0. The molecule has 0 aliphatic rings. The number of hydrogen-bond donors (Lipinski definition) is 1. The van der Waals surface area contributed by atoms with Crippen LogP contribution in [0.25, 0.3) is 0 Å². The summed E-state index contributed by atoms with van der Waals surface area (Å²) in [6.07, 6.45) is 4.97. The molecule has 0 radical (unpaired) electrons. The summed E-state index contributed by atoms with van der Waals surface area (Å²) in [5.41, 5.74) is 8.57. The van der Waals surface area contributed by atoms with E-state index in [1.807, 2.05) is 0 Å². The van der Waals surface area contributed by atoms with Crippen LogP contribution in [0.3, 0.4) is 0 Å². The molecular formula is C121H5PS. The maximum atomic E-state index is 4.97. The minimum absolute atomic E-state index is 1.58. The van der Waals surface area contributed by atoms with Crippen molar-refractivity contribution in [2.24, 2.45) is 0 Å². The van der Waals surface area contributed by atoms with Crippen LogP contribution in [0.4, 0.5) is 0 Å². The van der Waals surface area contributed by atoms with E-state index < -0.39 is 7.92 Å². The molecule has 0 aromatic heterocycles. The van der Waals surface area contributed by atoms with Gasteiger partial charge in [0, 0.05) is 391 Å². The van der Waals surface area contributed by atoms with Crippen molar-refractivity contribution in [3.8, 4) is 710 Å². The second-order valence-electron chi connectivity index (χ2n) is 15.3. The van der Waals surface area contributed by atoms with Gasteiger partial charge in [-0.2, -0.15) is 0 Å². The highest BCUT2D eigenvalue weighted by Gasteiger charge is 1.92. The standard InChI is InChI=1S/C121H5PS/c1-3-5-7-9-11-13-15-17-19-21-23-25-27-29-31-33-35-37-39-41-43-47-51-55-59-63-67-71-75-79-83-87-91-95-99-103-107-111-115-119-122(118-114-110-106-102-98-94-90-86-82-78-74-70-66-62-58-54-50-46-42-40-38-36-34-32-30-28-26-24-22-20-18-16-14-12-10-8-6-4-2)120-116-112-108-104-100-96-92-88-84-80-76-72-68-64-60-56-52-48-44-45-49-53-57-61-65-69-73-77-81-85-89-93-97-101-105-109-113-117-121-123/h2,123H,1H3. The first-order valence-electron chi connectivity index (χ1n) is 30.7. The number of terminal acetylenes is 1. The first-order valence-corrected chi connectivity index (χ1v) is 32.5. The van der Waals surface area contributed by atoms with E-state index in [4.69, 9.17) is 6.42 Å². The Labute approximate surface area is 731 Å². The van der Waals surface area contributed by atoms with Crippen molar-refractivity contribution in [3.05, 3.63) is 0 Å². The average Bonchev–Trinajstić information content (AvgIpc) is 0.993. The number of hydrogen-bond acceptors (Lipinski definition) is 1. The Balaban J connectivity index is 5.98. The molecule has 0 heterocycles. The van der Waals surface area contributed by atoms with Crippen LogP contribution in [-0.4, -0.2) is 0 Å². The number of rotatable bonds is 0.